The molecule has 0 N–H and O–H groups in total. The SMILES string of the molecule is CCc1cc2c(cn1)CCC2. The molecule has 0 bridgehead atoms. The van der Waals surface area contributed by atoms with E-state index in [-0.39, 0.29) is 0 Å². The fraction of sp³-hybridized carbons (Fsp3) is 0.500. The lowest BCUT2D eigenvalue weighted by atomic mass is 10.1. The first-order chi connectivity index (χ1) is 5.40. The third-order valence-electron chi connectivity index (χ3n) is 2.39. The van der Waals surface area contributed by atoms with Gasteiger partial charge in [-0.2, -0.15) is 0 Å². The molecule has 0 fully saturated rings. The van der Waals surface area contributed by atoms with E-state index < -0.39 is 0 Å². The average Bonchev–Trinajstić information content (AvgIpc) is 2.50. The van der Waals surface area contributed by atoms with Crippen LogP contribution < -0.4 is 0 Å². The highest BCUT2D eigenvalue weighted by atomic mass is 14.7. The summed E-state index contributed by atoms with van der Waals surface area (Å²) in [5.41, 5.74) is 4.25. The van der Waals surface area contributed by atoms with E-state index in [0.29, 0.717) is 0 Å². The summed E-state index contributed by atoms with van der Waals surface area (Å²) in [5, 5.41) is 0. The van der Waals surface area contributed by atoms with Gasteiger partial charge in [0, 0.05) is 11.9 Å². The van der Waals surface area contributed by atoms with Crippen LogP contribution in [0.1, 0.15) is 30.2 Å². The van der Waals surface area contributed by atoms with Crippen molar-refractivity contribution in [3.63, 3.8) is 0 Å². The average molecular weight is 147 g/mol. The van der Waals surface area contributed by atoms with Crippen molar-refractivity contribution in [1.82, 2.24) is 4.98 Å². The Morgan fingerprint density at radius 3 is 3.00 bits per heavy atom. The molecule has 0 aromatic carbocycles. The molecule has 1 aliphatic carbocycles. The minimum Gasteiger partial charge on any atom is -0.261 e. The number of aryl methyl sites for hydroxylation is 3. The number of rotatable bonds is 1. The minimum atomic E-state index is 1.06. The van der Waals surface area contributed by atoms with Gasteiger partial charge in [0.2, 0.25) is 0 Å². The van der Waals surface area contributed by atoms with Gasteiger partial charge in [-0.25, -0.2) is 0 Å². The maximum atomic E-state index is 4.37. The van der Waals surface area contributed by atoms with Gasteiger partial charge in [-0.15, -0.1) is 0 Å². The van der Waals surface area contributed by atoms with Crippen molar-refractivity contribution in [3.05, 3.63) is 29.1 Å². The summed E-state index contributed by atoms with van der Waals surface area (Å²) in [6, 6.07) is 2.27. The molecular formula is C10H13N. The van der Waals surface area contributed by atoms with Crippen LogP contribution in [-0.4, -0.2) is 4.98 Å². The Bertz CT molecular complexity index is 266. The van der Waals surface area contributed by atoms with Crippen LogP contribution in [0.25, 0.3) is 0 Å². The summed E-state index contributed by atoms with van der Waals surface area (Å²) in [5.74, 6) is 0. The molecule has 0 saturated heterocycles. The van der Waals surface area contributed by atoms with Crippen LogP contribution in [0.2, 0.25) is 0 Å². The van der Waals surface area contributed by atoms with E-state index >= 15 is 0 Å². The maximum absolute atomic E-state index is 4.37. The van der Waals surface area contributed by atoms with Gasteiger partial charge in [0.05, 0.1) is 0 Å². The standard InChI is InChI=1S/C10H13N/c1-2-10-6-8-4-3-5-9(8)7-11-10/h6-7H,2-5H2,1H3. The molecular weight excluding hydrogens is 134 g/mol. The molecule has 1 aromatic heterocycles. The van der Waals surface area contributed by atoms with E-state index in [1.807, 2.05) is 0 Å². The van der Waals surface area contributed by atoms with Gasteiger partial charge in [0.1, 0.15) is 0 Å². The Morgan fingerprint density at radius 1 is 1.36 bits per heavy atom. The number of hydrogen-bond donors (Lipinski definition) is 0. The van der Waals surface area contributed by atoms with Crippen molar-refractivity contribution in [3.8, 4) is 0 Å². The van der Waals surface area contributed by atoms with Crippen LogP contribution in [-0.2, 0) is 19.3 Å². The summed E-state index contributed by atoms with van der Waals surface area (Å²) in [7, 11) is 0. The van der Waals surface area contributed by atoms with Crippen LogP contribution in [0.15, 0.2) is 12.3 Å². The number of aromatic nitrogens is 1. The predicted molar refractivity (Wildman–Crippen MR) is 45.6 cm³/mol. The number of fused-ring (bicyclic) bond motifs is 1. The first-order valence-electron chi connectivity index (χ1n) is 4.37. The first kappa shape index (κ1) is 6.84. The molecule has 2 rings (SSSR count). The van der Waals surface area contributed by atoms with E-state index in [0.717, 1.165) is 6.42 Å². The van der Waals surface area contributed by atoms with Crippen LogP contribution in [0.3, 0.4) is 0 Å². The molecule has 1 nitrogen and oxygen atoms in total. The molecule has 0 amide bonds. The highest BCUT2D eigenvalue weighted by Gasteiger charge is 2.10. The molecule has 0 radical (unpaired) electrons. The molecule has 1 heteroatoms. The minimum absolute atomic E-state index is 1.06. The maximum Gasteiger partial charge on any atom is 0.0403 e. The van der Waals surface area contributed by atoms with Crippen molar-refractivity contribution in [2.75, 3.05) is 0 Å². The second-order valence-electron chi connectivity index (χ2n) is 3.15. The molecule has 0 saturated carbocycles. The topological polar surface area (TPSA) is 12.9 Å². The molecule has 0 aliphatic heterocycles. The van der Waals surface area contributed by atoms with Gasteiger partial charge in [-0.05, 0) is 42.9 Å². The lowest BCUT2D eigenvalue weighted by Crippen LogP contribution is -1.90. The van der Waals surface area contributed by atoms with Crippen molar-refractivity contribution in [1.29, 1.82) is 0 Å². The van der Waals surface area contributed by atoms with Gasteiger partial charge < -0.3 is 0 Å². The fourth-order valence-electron chi connectivity index (χ4n) is 1.70. The van der Waals surface area contributed by atoms with E-state index in [9.17, 15) is 0 Å². The van der Waals surface area contributed by atoms with Crippen molar-refractivity contribution in [2.45, 2.75) is 32.6 Å². The number of pyridine rings is 1. The van der Waals surface area contributed by atoms with Crippen LogP contribution in [0.4, 0.5) is 0 Å². The molecule has 1 aliphatic rings. The van der Waals surface area contributed by atoms with Crippen molar-refractivity contribution in [2.24, 2.45) is 0 Å². The normalized spacial score (nSPS) is 15.0. The van der Waals surface area contributed by atoms with Gasteiger partial charge in [-0.3, -0.25) is 4.98 Å². The molecule has 0 atom stereocenters. The van der Waals surface area contributed by atoms with E-state index in [1.165, 1.54) is 36.1 Å². The van der Waals surface area contributed by atoms with Gasteiger partial charge >= 0.3 is 0 Å². The quantitative estimate of drug-likeness (QED) is 0.593. The molecule has 11 heavy (non-hydrogen) atoms. The molecule has 0 spiro atoms. The number of hydrogen-bond acceptors (Lipinski definition) is 1. The monoisotopic (exact) mass is 147 g/mol. The summed E-state index contributed by atoms with van der Waals surface area (Å²) in [4.78, 5) is 4.37. The molecule has 1 heterocycles. The lowest BCUT2D eigenvalue weighted by Gasteiger charge is -1.99. The number of nitrogens with zero attached hydrogens (tertiary/aromatic N) is 1. The van der Waals surface area contributed by atoms with Crippen LogP contribution in [0.5, 0.6) is 0 Å². The van der Waals surface area contributed by atoms with E-state index in [4.69, 9.17) is 0 Å². The molecule has 0 unspecified atom stereocenters. The van der Waals surface area contributed by atoms with E-state index in [2.05, 4.69) is 24.2 Å². The zero-order valence-electron chi connectivity index (χ0n) is 6.93. The van der Waals surface area contributed by atoms with Gasteiger partial charge in [-0.1, -0.05) is 6.92 Å². The summed E-state index contributed by atoms with van der Waals surface area (Å²) >= 11 is 0. The fourth-order valence-corrected chi connectivity index (χ4v) is 1.70. The Morgan fingerprint density at radius 2 is 2.18 bits per heavy atom. The lowest BCUT2D eigenvalue weighted by molar-refractivity contribution is 0.911. The Labute approximate surface area is 67.5 Å². The molecule has 58 valence electrons. The second kappa shape index (κ2) is 2.65. The highest BCUT2D eigenvalue weighted by Crippen LogP contribution is 2.21. The van der Waals surface area contributed by atoms with Gasteiger partial charge in [0.25, 0.3) is 0 Å². The van der Waals surface area contributed by atoms with Crippen LogP contribution in [0, 0.1) is 0 Å². The smallest absolute Gasteiger partial charge is 0.0403 e. The largest absolute Gasteiger partial charge is 0.261 e. The highest BCUT2D eigenvalue weighted by molar-refractivity contribution is 5.30. The Kier molecular flexibility index (Phi) is 1.65. The summed E-state index contributed by atoms with van der Waals surface area (Å²) < 4.78 is 0. The third kappa shape index (κ3) is 1.15. The zero-order valence-corrected chi connectivity index (χ0v) is 6.93. The van der Waals surface area contributed by atoms with Crippen molar-refractivity contribution >= 4 is 0 Å². The van der Waals surface area contributed by atoms with Crippen molar-refractivity contribution < 1.29 is 0 Å². The summed E-state index contributed by atoms with van der Waals surface area (Å²) in [6.45, 7) is 2.16. The van der Waals surface area contributed by atoms with Crippen LogP contribution >= 0.6 is 0 Å². The first-order valence-corrected chi connectivity index (χ1v) is 4.37. The Balaban J connectivity index is 2.41. The Hall–Kier alpha value is -0.850. The van der Waals surface area contributed by atoms with Gasteiger partial charge in [0.15, 0.2) is 0 Å². The summed E-state index contributed by atoms with van der Waals surface area (Å²) in [6.07, 6.45) is 6.95. The predicted octanol–water partition coefficient (Wildman–Crippen LogP) is 2.13. The third-order valence-corrected chi connectivity index (χ3v) is 2.39. The van der Waals surface area contributed by atoms with E-state index in [1.54, 1.807) is 0 Å². The second-order valence-corrected chi connectivity index (χ2v) is 3.15. The molecule has 1 aromatic rings. The zero-order chi connectivity index (χ0) is 7.68.